The molecule has 1 saturated carbocycles. The number of rotatable bonds is 2. The van der Waals surface area contributed by atoms with Crippen LogP contribution in [0.2, 0.25) is 0 Å². The van der Waals surface area contributed by atoms with Gasteiger partial charge in [0.15, 0.2) is 5.75 Å². The monoisotopic (exact) mass is 266 g/mol. The molecule has 0 aliphatic heterocycles. The molecule has 1 heterocycles. The van der Waals surface area contributed by atoms with Gasteiger partial charge in [-0.3, -0.25) is 5.11 Å². The molecule has 0 unspecified atom stereocenters. The number of aromatic nitrogens is 3. The van der Waals surface area contributed by atoms with Crippen LogP contribution in [-0.4, -0.2) is 15.0 Å². The summed E-state index contributed by atoms with van der Waals surface area (Å²) in [5, 5.41) is 19.5. The molecule has 4 nitrogen and oxygen atoms in total. The van der Waals surface area contributed by atoms with Gasteiger partial charge in [-0.25, -0.2) is 4.68 Å². The van der Waals surface area contributed by atoms with Crippen molar-refractivity contribution in [1.29, 1.82) is 0 Å². The van der Waals surface area contributed by atoms with E-state index in [1.165, 1.54) is 12.8 Å². The van der Waals surface area contributed by atoms with Gasteiger partial charge in [0, 0.05) is 6.54 Å². The fraction of sp³-hybridized carbons (Fsp3) is 0.400. The second-order valence-electron chi connectivity index (χ2n) is 3.96. The molecule has 0 spiro atoms. The topological polar surface area (TPSA) is 50.6 Å². The third-order valence-corrected chi connectivity index (χ3v) is 3.48. The van der Waals surface area contributed by atoms with Crippen LogP contribution in [0.4, 0.5) is 0 Å². The van der Waals surface area contributed by atoms with Gasteiger partial charge in [-0.15, -0.1) is 5.10 Å². The summed E-state index contributed by atoms with van der Waals surface area (Å²) in [7, 11) is 0. The van der Waals surface area contributed by atoms with Crippen LogP contribution in [0.25, 0.3) is 11.0 Å². The second kappa shape index (κ2) is 3.20. The molecule has 77 valence electrons. The zero-order valence-corrected chi connectivity index (χ0v) is 9.57. The lowest BCUT2D eigenvalue weighted by Gasteiger charge is -1.99. The average molecular weight is 267 g/mol. The summed E-state index contributed by atoms with van der Waals surface area (Å²) in [6.45, 7) is 0.918. The number of hydrogen-bond acceptors (Lipinski definition) is 2. The Morgan fingerprint density at radius 2 is 2.27 bits per heavy atom. The van der Waals surface area contributed by atoms with E-state index in [-0.39, 0.29) is 5.75 Å². The lowest BCUT2D eigenvalue weighted by molar-refractivity contribution is 0.353. The largest absolute Gasteiger partial charge is 0.289 e. The van der Waals surface area contributed by atoms with E-state index in [2.05, 4.69) is 26.2 Å². The third-order valence-electron chi connectivity index (χ3n) is 2.72. The summed E-state index contributed by atoms with van der Waals surface area (Å²) < 4.78 is 2.40. The SMILES string of the molecule is [O]c1ccc2c(nnn2CC2CC2)c1Br. The molecule has 15 heavy (non-hydrogen) atoms. The third kappa shape index (κ3) is 1.51. The van der Waals surface area contributed by atoms with Crippen molar-refractivity contribution in [3.8, 4) is 5.75 Å². The highest BCUT2D eigenvalue weighted by molar-refractivity contribution is 9.10. The summed E-state index contributed by atoms with van der Waals surface area (Å²) in [5.74, 6) is 0.710. The number of benzene rings is 1. The second-order valence-corrected chi connectivity index (χ2v) is 4.75. The van der Waals surface area contributed by atoms with E-state index >= 15 is 0 Å². The van der Waals surface area contributed by atoms with Crippen molar-refractivity contribution in [2.24, 2.45) is 5.92 Å². The van der Waals surface area contributed by atoms with Crippen LogP contribution in [-0.2, 0) is 11.7 Å². The molecule has 1 fully saturated rings. The van der Waals surface area contributed by atoms with E-state index in [9.17, 15) is 5.11 Å². The van der Waals surface area contributed by atoms with E-state index in [1.54, 1.807) is 12.1 Å². The minimum absolute atomic E-state index is 0.0408. The maximum atomic E-state index is 11.4. The number of nitrogens with zero attached hydrogens (tertiary/aromatic N) is 3. The van der Waals surface area contributed by atoms with Crippen LogP contribution in [0, 0.1) is 5.92 Å². The lowest BCUT2D eigenvalue weighted by Crippen LogP contribution is -2.01. The lowest BCUT2D eigenvalue weighted by atomic mass is 10.3. The summed E-state index contributed by atoms with van der Waals surface area (Å²) in [6.07, 6.45) is 2.56. The molecule has 1 aromatic heterocycles. The van der Waals surface area contributed by atoms with Crippen molar-refractivity contribution in [2.45, 2.75) is 19.4 Å². The van der Waals surface area contributed by atoms with Crippen LogP contribution in [0.1, 0.15) is 12.8 Å². The molecular formula is C10H9BrN3O. The predicted octanol–water partition coefficient (Wildman–Crippen LogP) is 2.75. The van der Waals surface area contributed by atoms with Crippen molar-refractivity contribution in [3.63, 3.8) is 0 Å². The van der Waals surface area contributed by atoms with E-state index < -0.39 is 0 Å². The highest BCUT2D eigenvalue weighted by Gasteiger charge is 2.23. The Kier molecular flexibility index (Phi) is 1.95. The van der Waals surface area contributed by atoms with Crippen LogP contribution in [0.15, 0.2) is 16.6 Å². The molecule has 0 saturated heterocycles. The molecule has 5 heteroatoms. The maximum absolute atomic E-state index is 11.4. The van der Waals surface area contributed by atoms with Gasteiger partial charge < -0.3 is 0 Å². The molecule has 0 amide bonds. The molecule has 1 aliphatic rings. The van der Waals surface area contributed by atoms with Gasteiger partial charge in [0.05, 0.1) is 9.99 Å². The van der Waals surface area contributed by atoms with Gasteiger partial charge in [0.25, 0.3) is 0 Å². The molecule has 3 rings (SSSR count). The van der Waals surface area contributed by atoms with Crippen molar-refractivity contribution in [2.75, 3.05) is 0 Å². The minimum atomic E-state index is -0.0408. The van der Waals surface area contributed by atoms with Gasteiger partial charge >= 0.3 is 0 Å². The molecule has 0 atom stereocenters. The normalized spacial score (nSPS) is 16.1. The van der Waals surface area contributed by atoms with Crippen molar-refractivity contribution in [1.82, 2.24) is 15.0 Å². The number of fused-ring (bicyclic) bond motifs is 1. The van der Waals surface area contributed by atoms with Gasteiger partial charge in [-0.2, -0.15) is 0 Å². The van der Waals surface area contributed by atoms with Gasteiger partial charge in [0.2, 0.25) is 0 Å². The smallest absolute Gasteiger partial charge is 0.195 e. The van der Waals surface area contributed by atoms with Crippen molar-refractivity contribution in [3.05, 3.63) is 16.6 Å². The van der Waals surface area contributed by atoms with Crippen LogP contribution in [0.3, 0.4) is 0 Å². The Labute approximate surface area is 95.0 Å². The Bertz CT molecular complexity index is 519. The Morgan fingerprint density at radius 1 is 1.47 bits per heavy atom. The number of halogens is 1. The molecule has 1 aromatic carbocycles. The van der Waals surface area contributed by atoms with Crippen LogP contribution < -0.4 is 0 Å². The molecular weight excluding hydrogens is 258 g/mol. The first-order valence-electron chi connectivity index (χ1n) is 4.94. The predicted molar refractivity (Wildman–Crippen MR) is 58.1 cm³/mol. The molecule has 1 aliphatic carbocycles. The zero-order chi connectivity index (χ0) is 10.4. The number of hydrogen-bond donors (Lipinski definition) is 0. The standard InChI is InChI=1S/C10H9BrN3O/c11-9-8(15)4-3-7-10(9)12-13-14(7)5-6-1-2-6/h3-4,6H,1-2,5H2. The highest BCUT2D eigenvalue weighted by Crippen LogP contribution is 2.34. The molecule has 2 aromatic rings. The Morgan fingerprint density at radius 3 is 3.00 bits per heavy atom. The summed E-state index contributed by atoms with van der Waals surface area (Å²) in [4.78, 5) is 0. The first-order chi connectivity index (χ1) is 7.25. The van der Waals surface area contributed by atoms with Crippen molar-refractivity contribution >= 4 is 27.0 Å². The summed E-state index contributed by atoms with van der Waals surface area (Å²) in [5.41, 5.74) is 1.61. The van der Waals surface area contributed by atoms with E-state index in [0.717, 1.165) is 18.0 Å². The van der Waals surface area contributed by atoms with Gasteiger partial charge in [-0.1, -0.05) is 5.21 Å². The molecule has 0 bridgehead atoms. The molecule has 1 radical (unpaired) electrons. The Balaban J connectivity index is 2.12. The van der Waals surface area contributed by atoms with Crippen LogP contribution >= 0.6 is 15.9 Å². The minimum Gasteiger partial charge on any atom is -0.289 e. The highest BCUT2D eigenvalue weighted by atomic mass is 79.9. The van der Waals surface area contributed by atoms with E-state index in [0.29, 0.717) is 9.99 Å². The fourth-order valence-electron chi connectivity index (χ4n) is 1.67. The average Bonchev–Trinajstić information content (AvgIpc) is 2.93. The van der Waals surface area contributed by atoms with E-state index in [1.807, 2.05) is 4.68 Å². The maximum Gasteiger partial charge on any atom is 0.195 e. The fourth-order valence-corrected chi connectivity index (χ4v) is 2.08. The molecule has 0 N–H and O–H groups in total. The Hall–Kier alpha value is -1.10. The summed E-state index contributed by atoms with van der Waals surface area (Å²) >= 11 is 3.25. The van der Waals surface area contributed by atoms with E-state index in [4.69, 9.17) is 0 Å². The zero-order valence-electron chi connectivity index (χ0n) is 7.98. The van der Waals surface area contributed by atoms with Crippen molar-refractivity contribution < 1.29 is 5.11 Å². The summed E-state index contributed by atoms with van der Waals surface area (Å²) in [6, 6.07) is 3.35. The first kappa shape index (κ1) is 9.15. The van der Waals surface area contributed by atoms with Crippen LogP contribution in [0.5, 0.6) is 5.75 Å². The van der Waals surface area contributed by atoms with Gasteiger partial charge in [0.1, 0.15) is 5.52 Å². The first-order valence-corrected chi connectivity index (χ1v) is 5.73. The van der Waals surface area contributed by atoms with Gasteiger partial charge in [-0.05, 0) is 46.8 Å². The quantitative estimate of drug-likeness (QED) is 0.840.